The van der Waals surface area contributed by atoms with E-state index in [1.54, 1.807) is 0 Å². The lowest BCUT2D eigenvalue weighted by molar-refractivity contribution is 0.827. The van der Waals surface area contributed by atoms with E-state index in [2.05, 4.69) is 181 Å². The molecule has 10 rings (SSSR count). The van der Waals surface area contributed by atoms with Crippen LogP contribution in [0.15, 0.2) is 146 Å². The first-order chi connectivity index (χ1) is 25.2. The van der Waals surface area contributed by atoms with E-state index in [-0.39, 0.29) is 0 Å². The largest absolute Gasteiger partial charge is 0.343 e. The average Bonchev–Trinajstić information content (AvgIpc) is 3.93. The SMILES string of the molecule is C1=CC2CC2C=C1.CCn1c2ccccc2c2cc(N3C=c4c(-c5ccccc5)c(C5=CCCC=C5)c(-c5ccccc5)c(C)c4=CC3)ccc21. The lowest BCUT2D eigenvalue weighted by Gasteiger charge is -2.27. The molecule has 2 heterocycles. The molecular formula is C49H44N2. The van der Waals surface area contributed by atoms with Crippen LogP contribution in [-0.2, 0) is 6.54 Å². The van der Waals surface area contributed by atoms with Crippen LogP contribution in [0.3, 0.4) is 0 Å². The van der Waals surface area contributed by atoms with Crippen molar-refractivity contribution in [3.8, 4) is 22.3 Å². The van der Waals surface area contributed by atoms with E-state index in [1.165, 1.54) is 83.3 Å². The average molecular weight is 661 g/mol. The standard InChI is InChI=1S/C42H36N2.C7H8/c1-3-44-38-22-14-13-21-35(38)36-27-33(23-24-39(36)44)43-26-25-34-29(2)40(30-15-7-4-8-16-30)42(32-19-11-6-12-20-32)41(37(34)28-43)31-17-9-5-10-18-31;1-2-4-7-5-6(7)3-1/h4-5,7-11,13-25,27-28H,3,6,12,26H2,1-2H3;1-4,6-7H,5H2. The second-order valence-electron chi connectivity index (χ2n) is 14.2. The molecule has 2 nitrogen and oxygen atoms in total. The van der Waals surface area contributed by atoms with Crippen molar-refractivity contribution in [2.24, 2.45) is 11.8 Å². The molecule has 0 radical (unpaired) electrons. The van der Waals surface area contributed by atoms with E-state index < -0.39 is 0 Å². The van der Waals surface area contributed by atoms with Gasteiger partial charge in [-0.15, -0.1) is 0 Å². The van der Waals surface area contributed by atoms with Gasteiger partial charge in [0.2, 0.25) is 0 Å². The van der Waals surface area contributed by atoms with Crippen LogP contribution in [0.5, 0.6) is 0 Å². The molecule has 250 valence electrons. The van der Waals surface area contributed by atoms with E-state index in [1.807, 2.05) is 0 Å². The first-order valence-corrected chi connectivity index (χ1v) is 18.7. The van der Waals surface area contributed by atoms with E-state index in [9.17, 15) is 0 Å². The molecule has 1 fully saturated rings. The number of fused-ring (bicyclic) bond motifs is 5. The minimum atomic E-state index is 0.830. The number of nitrogens with zero attached hydrogens (tertiary/aromatic N) is 2. The van der Waals surface area contributed by atoms with Crippen LogP contribution in [-0.4, -0.2) is 11.1 Å². The molecule has 51 heavy (non-hydrogen) atoms. The Balaban J connectivity index is 0.000000441. The summed E-state index contributed by atoms with van der Waals surface area (Å²) in [6, 6.07) is 37.7. The third-order valence-corrected chi connectivity index (χ3v) is 11.1. The predicted molar refractivity (Wildman–Crippen MR) is 219 cm³/mol. The maximum absolute atomic E-state index is 2.44. The summed E-state index contributed by atoms with van der Waals surface area (Å²) in [7, 11) is 0. The van der Waals surface area contributed by atoms with Gasteiger partial charge in [0.25, 0.3) is 0 Å². The molecule has 0 amide bonds. The fourth-order valence-corrected chi connectivity index (χ4v) is 8.50. The van der Waals surface area contributed by atoms with Gasteiger partial charge in [-0.05, 0) is 113 Å². The number of aromatic nitrogens is 1. The Morgan fingerprint density at radius 1 is 0.647 bits per heavy atom. The zero-order valence-corrected chi connectivity index (χ0v) is 29.6. The predicted octanol–water partition coefficient (Wildman–Crippen LogP) is 11.0. The molecule has 2 unspecified atom stereocenters. The van der Waals surface area contributed by atoms with Crippen LogP contribution < -0.4 is 15.3 Å². The Hall–Kier alpha value is -5.60. The number of rotatable bonds is 5. The number of para-hydroxylation sites is 1. The van der Waals surface area contributed by atoms with E-state index in [4.69, 9.17) is 0 Å². The van der Waals surface area contributed by atoms with Crippen LogP contribution >= 0.6 is 0 Å². The van der Waals surface area contributed by atoms with Gasteiger partial charge in [0.1, 0.15) is 0 Å². The van der Waals surface area contributed by atoms with Crippen molar-refractivity contribution in [2.75, 3.05) is 11.4 Å². The Morgan fingerprint density at radius 3 is 2.02 bits per heavy atom. The highest BCUT2D eigenvalue weighted by Crippen LogP contribution is 2.42. The van der Waals surface area contributed by atoms with Crippen molar-refractivity contribution in [2.45, 2.75) is 39.7 Å². The molecule has 0 bridgehead atoms. The van der Waals surface area contributed by atoms with Gasteiger partial charge in [0.05, 0.1) is 0 Å². The van der Waals surface area contributed by atoms with Crippen molar-refractivity contribution < 1.29 is 0 Å². The minimum absolute atomic E-state index is 0.830. The van der Waals surface area contributed by atoms with Gasteiger partial charge >= 0.3 is 0 Å². The van der Waals surface area contributed by atoms with Crippen molar-refractivity contribution in [3.05, 3.63) is 167 Å². The number of benzene rings is 5. The Kier molecular flexibility index (Phi) is 8.16. The van der Waals surface area contributed by atoms with Crippen LogP contribution in [0.2, 0.25) is 0 Å². The molecule has 6 aromatic rings. The molecule has 3 aliphatic carbocycles. The number of hydrogen-bond donors (Lipinski definition) is 0. The third-order valence-electron chi connectivity index (χ3n) is 11.1. The molecule has 1 aromatic heterocycles. The monoisotopic (exact) mass is 660 g/mol. The molecule has 1 aliphatic heterocycles. The molecule has 0 spiro atoms. The zero-order valence-electron chi connectivity index (χ0n) is 29.6. The molecule has 5 aromatic carbocycles. The molecule has 0 saturated heterocycles. The summed E-state index contributed by atoms with van der Waals surface area (Å²) in [5.74, 6) is 1.87. The van der Waals surface area contributed by atoms with E-state index in [0.29, 0.717) is 0 Å². The van der Waals surface area contributed by atoms with Crippen molar-refractivity contribution in [3.63, 3.8) is 0 Å². The van der Waals surface area contributed by atoms with Gasteiger partial charge in [-0.3, -0.25) is 0 Å². The summed E-state index contributed by atoms with van der Waals surface area (Å²) >= 11 is 0. The molecule has 1 saturated carbocycles. The van der Waals surface area contributed by atoms with Gasteiger partial charge in [-0.25, -0.2) is 0 Å². The second kappa shape index (κ2) is 13.3. The molecular weight excluding hydrogens is 617 g/mol. The number of allylic oxidation sites excluding steroid dienone is 8. The highest BCUT2D eigenvalue weighted by molar-refractivity contribution is 6.09. The highest BCUT2D eigenvalue weighted by atomic mass is 15.1. The fraction of sp³-hybridized carbons (Fsp3) is 0.184. The van der Waals surface area contributed by atoms with Crippen molar-refractivity contribution in [1.29, 1.82) is 0 Å². The van der Waals surface area contributed by atoms with Crippen LogP contribution in [0.4, 0.5) is 5.69 Å². The molecule has 2 heteroatoms. The van der Waals surface area contributed by atoms with Gasteiger partial charge in [-0.1, -0.05) is 127 Å². The fourth-order valence-electron chi connectivity index (χ4n) is 8.50. The van der Waals surface area contributed by atoms with Crippen molar-refractivity contribution >= 4 is 45.3 Å². The summed E-state index contributed by atoms with van der Waals surface area (Å²) in [5.41, 5.74) is 13.0. The van der Waals surface area contributed by atoms with Crippen LogP contribution in [0.25, 0.3) is 61.9 Å². The normalized spacial score (nSPS) is 18.3. The van der Waals surface area contributed by atoms with E-state index in [0.717, 1.165) is 37.8 Å². The molecule has 2 atom stereocenters. The van der Waals surface area contributed by atoms with Gasteiger partial charge in [0.15, 0.2) is 0 Å². The van der Waals surface area contributed by atoms with Gasteiger partial charge in [-0.2, -0.15) is 0 Å². The third kappa shape index (κ3) is 5.69. The quantitative estimate of drug-likeness (QED) is 0.179. The molecule has 0 N–H and O–H groups in total. The van der Waals surface area contributed by atoms with E-state index >= 15 is 0 Å². The number of aryl methyl sites for hydroxylation is 1. The topological polar surface area (TPSA) is 8.17 Å². The maximum atomic E-state index is 2.44. The minimum Gasteiger partial charge on any atom is -0.343 e. The summed E-state index contributed by atoms with van der Waals surface area (Å²) < 4.78 is 2.43. The number of hydrogen-bond acceptors (Lipinski definition) is 1. The first-order valence-electron chi connectivity index (χ1n) is 18.7. The molecule has 4 aliphatic rings. The maximum Gasteiger partial charge on any atom is 0.0492 e. The Bertz CT molecular complexity index is 2510. The van der Waals surface area contributed by atoms with Crippen LogP contribution in [0, 0.1) is 18.8 Å². The lowest BCUT2D eigenvalue weighted by Crippen LogP contribution is -2.39. The Labute approximate surface area is 301 Å². The van der Waals surface area contributed by atoms with Gasteiger partial charge < -0.3 is 9.47 Å². The summed E-state index contributed by atoms with van der Waals surface area (Å²) in [6.07, 6.45) is 24.4. The highest BCUT2D eigenvalue weighted by Gasteiger charge is 2.33. The van der Waals surface area contributed by atoms with Gasteiger partial charge in [0, 0.05) is 52.0 Å². The van der Waals surface area contributed by atoms with Crippen molar-refractivity contribution in [1.82, 2.24) is 4.57 Å². The summed E-state index contributed by atoms with van der Waals surface area (Å²) in [6.45, 7) is 6.33. The summed E-state index contributed by atoms with van der Waals surface area (Å²) in [5, 5.41) is 5.27. The second-order valence-corrected chi connectivity index (χ2v) is 14.2. The summed E-state index contributed by atoms with van der Waals surface area (Å²) in [4.78, 5) is 2.43. The van der Waals surface area contributed by atoms with Crippen LogP contribution in [0.1, 0.15) is 37.3 Å². The first kappa shape index (κ1) is 31.4. The Morgan fingerprint density at radius 2 is 1.33 bits per heavy atom. The lowest BCUT2D eigenvalue weighted by atomic mass is 9.81. The smallest absolute Gasteiger partial charge is 0.0492 e. The number of anilines is 1. The zero-order chi connectivity index (χ0) is 34.3.